The number of para-hydroxylation sites is 1. The van der Waals surface area contributed by atoms with Crippen molar-refractivity contribution >= 4 is 86.1 Å². The van der Waals surface area contributed by atoms with Crippen LogP contribution in [0.4, 0.5) is 11.4 Å². The second kappa shape index (κ2) is 13.3. The number of hydrogen-bond acceptors (Lipinski definition) is 4. The highest BCUT2D eigenvalue weighted by molar-refractivity contribution is 7.27. The van der Waals surface area contributed by atoms with Crippen molar-refractivity contribution in [2.24, 2.45) is 15.7 Å². The van der Waals surface area contributed by atoms with Gasteiger partial charge in [0.15, 0.2) is 5.84 Å². The highest BCUT2D eigenvalue weighted by Gasteiger charge is 2.16. The number of fused-ring (bicyclic) bond motifs is 6. The Morgan fingerprint density at radius 1 is 0.569 bits per heavy atom. The predicted molar refractivity (Wildman–Crippen MR) is 221 cm³/mol. The molecule has 0 fully saturated rings. The first-order chi connectivity index (χ1) is 25.2. The van der Waals surface area contributed by atoms with Gasteiger partial charge in [0.25, 0.3) is 0 Å². The van der Waals surface area contributed by atoms with Crippen LogP contribution in [-0.2, 0) is 6.54 Å². The third-order valence-electron chi connectivity index (χ3n) is 9.17. The lowest BCUT2D eigenvalue weighted by Crippen LogP contribution is -2.16. The zero-order valence-electron chi connectivity index (χ0n) is 27.6. The number of aliphatic imine (C=N–C) groups is 2. The summed E-state index contributed by atoms with van der Waals surface area (Å²) in [6.45, 7) is 0.524. The molecule has 51 heavy (non-hydrogen) atoms. The fraction of sp³-hybridized carbons (Fsp3) is 0.0222. The molecule has 0 aliphatic carbocycles. The van der Waals surface area contributed by atoms with Crippen LogP contribution in [-0.4, -0.2) is 11.7 Å². The summed E-state index contributed by atoms with van der Waals surface area (Å²) in [4.78, 5) is 9.87. The van der Waals surface area contributed by atoms with Crippen LogP contribution in [0.2, 0.25) is 0 Å². The number of amidine groups is 2. The van der Waals surface area contributed by atoms with Crippen LogP contribution in [0.3, 0.4) is 0 Å². The summed E-state index contributed by atoms with van der Waals surface area (Å²) < 4.78 is 4.90. The van der Waals surface area contributed by atoms with Gasteiger partial charge in [-0.1, -0.05) is 121 Å². The normalized spacial score (nSPS) is 12.3. The molecule has 0 saturated heterocycles. The van der Waals surface area contributed by atoms with Gasteiger partial charge in [0.2, 0.25) is 0 Å². The van der Waals surface area contributed by atoms with E-state index in [0.717, 1.165) is 32.8 Å². The van der Waals surface area contributed by atoms with E-state index in [-0.39, 0.29) is 0 Å². The molecule has 2 heterocycles. The van der Waals surface area contributed by atoms with E-state index < -0.39 is 0 Å². The number of hydrogen-bond donors (Lipinski definition) is 2. The van der Waals surface area contributed by atoms with Gasteiger partial charge < -0.3 is 11.1 Å². The molecular formula is C45H32N4S2. The van der Waals surface area contributed by atoms with Crippen LogP contribution in [0.1, 0.15) is 16.7 Å². The SMILES string of the molecule is NC(=NC(=NCc1ccccc1)c1ccccc1)c1cccc2c1sc1cc3c(cc12)sc1ccc(Nc2ccccc2-c2ccccc2)cc13. The molecule has 3 N–H and O–H groups in total. The van der Waals surface area contributed by atoms with Crippen molar-refractivity contribution in [3.8, 4) is 11.1 Å². The summed E-state index contributed by atoms with van der Waals surface area (Å²) in [6.07, 6.45) is 0. The molecule has 9 rings (SSSR count). The number of benzene rings is 7. The van der Waals surface area contributed by atoms with Crippen LogP contribution in [0.15, 0.2) is 174 Å². The van der Waals surface area contributed by atoms with Gasteiger partial charge in [0, 0.05) is 68.4 Å². The molecule has 9 aromatic rings. The number of rotatable bonds is 7. The molecule has 0 radical (unpaired) electrons. The lowest BCUT2D eigenvalue weighted by Gasteiger charge is -2.12. The minimum Gasteiger partial charge on any atom is -0.383 e. The molecule has 4 nitrogen and oxygen atoms in total. The van der Waals surface area contributed by atoms with Gasteiger partial charge in [0.1, 0.15) is 5.84 Å². The maximum Gasteiger partial charge on any atom is 0.157 e. The summed E-state index contributed by atoms with van der Waals surface area (Å²) in [5.74, 6) is 1.08. The van der Waals surface area contributed by atoms with E-state index in [9.17, 15) is 0 Å². The Morgan fingerprint density at radius 3 is 2.04 bits per heavy atom. The fourth-order valence-corrected chi connectivity index (χ4v) is 9.02. The van der Waals surface area contributed by atoms with E-state index >= 15 is 0 Å². The molecule has 7 aromatic carbocycles. The zero-order chi connectivity index (χ0) is 34.1. The Balaban J connectivity index is 1.10. The maximum atomic E-state index is 6.84. The summed E-state index contributed by atoms with van der Waals surface area (Å²) in [5.41, 5.74) is 14.3. The predicted octanol–water partition coefficient (Wildman–Crippen LogP) is 12.2. The molecule has 0 bridgehead atoms. The summed E-state index contributed by atoms with van der Waals surface area (Å²) in [5, 5.41) is 8.65. The van der Waals surface area contributed by atoms with Gasteiger partial charge in [-0.05, 0) is 53.6 Å². The first kappa shape index (κ1) is 30.9. The van der Waals surface area contributed by atoms with Crippen LogP contribution >= 0.6 is 22.7 Å². The third-order valence-corrected chi connectivity index (χ3v) is 11.5. The second-order valence-electron chi connectivity index (χ2n) is 12.5. The van der Waals surface area contributed by atoms with Crippen molar-refractivity contribution in [1.29, 1.82) is 0 Å². The van der Waals surface area contributed by atoms with Gasteiger partial charge in [-0.2, -0.15) is 0 Å². The minimum absolute atomic E-state index is 0.460. The Morgan fingerprint density at radius 2 is 1.24 bits per heavy atom. The van der Waals surface area contributed by atoms with Crippen LogP contribution in [0.5, 0.6) is 0 Å². The van der Waals surface area contributed by atoms with Crippen molar-refractivity contribution in [1.82, 2.24) is 0 Å². The van der Waals surface area contributed by atoms with Crippen molar-refractivity contribution in [2.75, 3.05) is 5.32 Å². The standard InChI is InChI=1S/C45H32N4S2/c46-44(49-45(31-17-8-3-9-18-31)47-28-29-13-4-1-5-14-29)35-21-12-20-34-37-26-41-38(27-42(37)51-43(34)35)36-25-32(23-24-40(36)50-41)48-39-22-11-10-19-33(39)30-15-6-2-7-16-30/h1-27,48H,28H2,(H2,46,47,49). The number of nitrogens with two attached hydrogens (primary N) is 1. The summed E-state index contributed by atoms with van der Waals surface area (Å²) >= 11 is 3.61. The maximum absolute atomic E-state index is 6.84. The van der Waals surface area contributed by atoms with Crippen molar-refractivity contribution < 1.29 is 0 Å². The first-order valence-corrected chi connectivity index (χ1v) is 18.5. The lowest BCUT2D eigenvalue weighted by atomic mass is 10.0. The van der Waals surface area contributed by atoms with Crippen molar-refractivity contribution in [3.63, 3.8) is 0 Å². The fourth-order valence-electron chi connectivity index (χ4n) is 6.67. The molecular weight excluding hydrogens is 661 g/mol. The van der Waals surface area contributed by atoms with Gasteiger partial charge >= 0.3 is 0 Å². The Labute approximate surface area is 303 Å². The number of thiophene rings is 2. The average molecular weight is 693 g/mol. The molecule has 2 aromatic heterocycles. The van der Waals surface area contributed by atoms with Crippen molar-refractivity contribution in [3.05, 3.63) is 180 Å². The van der Waals surface area contributed by atoms with Gasteiger partial charge in [-0.25, -0.2) is 4.99 Å². The average Bonchev–Trinajstić information content (AvgIpc) is 3.73. The first-order valence-electron chi connectivity index (χ1n) is 16.9. The van der Waals surface area contributed by atoms with Gasteiger partial charge in [0.05, 0.1) is 6.54 Å². The Hall–Kier alpha value is -6.08. The molecule has 0 saturated carbocycles. The topological polar surface area (TPSA) is 62.8 Å². The molecule has 0 amide bonds. The lowest BCUT2D eigenvalue weighted by molar-refractivity contribution is 1.06. The van der Waals surface area contributed by atoms with E-state index in [1.54, 1.807) is 11.3 Å². The van der Waals surface area contributed by atoms with Crippen molar-refractivity contribution in [2.45, 2.75) is 6.54 Å². The summed E-state index contributed by atoms with van der Waals surface area (Å²) in [7, 11) is 0. The van der Waals surface area contributed by atoms with E-state index in [4.69, 9.17) is 15.7 Å². The molecule has 0 atom stereocenters. The summed E-state index contributed by atoms with van der Waals surface area (Å²) in [6, 6.07) is 57.0. The van der Waals surface area contributed by atoms with E-state index in [1.165, 1.54) is 46.8 Å². The molecule has 0 spiro atoms. The van der Waals surface area contributed by atoms with Gasteiger partial charge in [-0.15, -0.1) is 22.7 Å². The van der Waals surface area contributed by atoms with Crippen LogP contribution in [0.25, 0.3) is 51.5 Å². The van der Waals surface area contributed by atoms with Crippen LogP contribution < -0.4 is 11.1 Å². The quantitative estimate of drug-likeness (QED) is 0.129. The molecule has 6 heteroatoms. The number of nitrogens with one attached hydrogen (secondary N) is 1. The van der Waals surface area contributed by atoms with Crippen LogP contribution in [0, 0.1) is 0 Å². The number of nitrogens with zero attached hydrogens (tertiary/aromatic N) is 2. The Kier molecular flexibility index (Phi) is 8.08. The van der Waals surface area contributed by atoms with E-state index in [2.05, 4.69) is 121 Å². The number of anilines is 2. The largest absolute Gasteiger partial charge is 0.383 e. The molecule has 0 aliphatic heterocycles. The monoisotopic (exact) mass is 692 g/mol. The minimum atomic E-state index is 0.460. The second-order valence-corrected chi connectivity index (χ2v) is 14.6. The van der Waals surface area contributed by atoms with E-state index in [0.29, 0.717) is 18.2 Å². The molecule has 244 valence electrons. The molecule has 0 aliphatic rings. The Bertz CT molecular complexity index is 2750. The highest BCUT2D eigenvalue weighted by atomic mass is 32.1. The third kappa shape index (κ3) is 6.05. The smallest absolute Gasteiger partial charge is 0.157 e. The van der Waals surface area contributed by atoms with Gasteiger partial charge in [-0.3, -0.25) is 4.99 Å². The van der Waals surface area contributed by atoms with E-state index in [1.807, 2.05) is 59.9 Å². The molecule has 0 unspecified atom stereocenters. The zero-order valence-corrected chi connectivity index (χ0v) is 29.2. The highest BCUT2D eigenvalue weighted by Crippen LogP contribution is 2.43.